The maximum absolute atomic E-state index is 12.4. The number of phenolic OH excluding ortho intramolecular Hbond substituents is 2. The fraction of sp³-hybridized carbons (Fsp3) is 0. The zero-order chi connectivity index (χ0) is 17.6. The Morgan fingerprint density at radius 2 is 1.08 bits per heavy atom. The second-order valence-electron chi connectivity index (χ2n) is 5.79. The van der Waals surface area contributed by atoms with Crippen molar-refractivity contribution in [3.63, 3.8) is 0 Å². The summed E-state index contributed by atoms with van der Waals surface area (Å²) in [6, 6.07) is 16.2. The average molecular weight is 331 g/mol. The molecule has 0 spiro atoms. The van der Waals surface area contributed by atoms with Crippen molar-refractivity contribution < 1.29 is 10.2 Å². The minimum Gasteiger partial charge on any atom is -0.508 e. The maximum Gasteiger partial charge on any atom is 0.258 e. The molecule has 5 aromatic rings. The van der Waals surface area contributed by atoms with E-state index in [1.165, 1.54) is 24.3 Å². The van der Waals surface area contributed by atoms with Gasteiger partial charge in [0.2, 0.25) is 0 Å². The van der Waals surface area contributed by atoms with E-state index >= 15 is 0 Å². The van der Waals surface area contributed by atoms with Gasteiger partial charge in [-0.25, -0.2) is 0 Å². The van der Waals surface area contributed by atoms with Gasteiger partial charge in [0.25, 0.3) is 11.1 Å². The van der Waals surface area contributed by atoms with Crippen molar-refractivity contribution in [1.29, 1.82) is 0 Å². The molecule has 0 radical (unpaired) electrons. The van der Waals surface area contributed by atoms with E-state index in [0.717, 1.165) is 0 Å². The number of fused-ring (bicyclic) bond motifs is 4. The summed E-state index contributed by atoms with van der Waals surface area (Å²) >= 11 is 0. The molecule has 3 N–H and O–H groups in total. The summed E-state index contributed by atoms with van der Waals surface area (Å²) in [7, 11) is 0. The summed E-state index contributed by atoms with van der Waals surface area (Å²) in [6.45, 7) is 0. The molecule has 0 fully saturated rings. The van der Waals surface area contributed by atoms with Crippen LogP contribution in [0.3, 0.4) is 0 Å². The van der Waals surface area contributed by atoms with Gasteiger partial charge in [0.1, 0.15) is 11.5 Å². The van der Waals surface area contributed by atoms with E-state index in [2.05, 4.69) is 4.98 Å². The molecule has 3 aromatic carbocycles. The monoisotopic (exact) mass is 331 g/mol. The molecule has 2 bridgehead atoms. The van der Waals surface area contributed by atoms with Crippen molar-refractivity contribution in [2.45, 2.75) is 0 Å². The van der Waals surface area contributed by atoms with Crippen molar-refractivity contribution in [3.8, 4) is 33.8 Å². The minimum atomic E-state index is -0.496. The van der Waals surface area contributed by atoms with Crippen LogP contribution in [0.15, 0.2) is 70.3 Å². The number of rotatable bonds is 2. The van der Waals surface area contributed by atoms with Crippen LogP contribution >= 0.6 is 0 Å². The molecule has 2 heterocycles. The quantitative estimate of drug-likeness (QED) is 0.526. The van der Waals surface area contributed by atoms with E-state index in [9.17, 15) is 19.8 Å². The van der Waals surface area contributed by atoms with Crippen LogP contribution in [0.25, 0.3) is 33.0 Å². The van der Waals surface area contributed by atoms with Gasteiger partial charge in [0, 0.05) is 21.9 Å². The van der Waals surface area contributed by atoms with Crippen LogP contribution in [0.2, 0.25) is 0 Å². The van der Waals surface area contributed by atoms with Crippen LogP contribution in [0.1, 0.15) is 0 Å². The number of hydrogen-bond acceptors (Lipinski definition) is 4. The number of nitrogens with one attached hydrogen (secondary N) is 1. The SMILES string of the molecule is O=c1[nH]c(=O)c2ccc1c(-c1cccc(O)c1)c2-c1cccc(O)c1. The highest BCUT2D eigenvalue weighted by Gasteiger charge is 2.18. The molecule has 0 aliphatic heterocycles. The molecule has 0 saturated heterocycles. The Labute approximate surface area is 141 Å². The predicted molar refractivity (Wildman–Crippen MR) is 96.2 cm³/mol. The summed E-state index contributed by atoms with van der Waals surface area (Å²) < 4.78 is 0. The Bertz CT molecular complexity index is 1120. The summed E-state index contributed by atoms with van der Waals surface area (Å²) in [4.78, 5) is 27.2. The van der Waals surface area contributed by atoms with Gasteiger partial charge in [-0.1, -0.05) is 24.3 Å². The van der Waals surface area contributed by atoms with Crippen LogP contribution in [-0.4, -0.2) is 15.2 Å². The normalized spacial score (nSPS) is 11.0. The number of H-pyrrole nitrogens is 1. The lowest BCUT2D eigenvalue weighted by Gasteiger charge is -2.12. The van der Waals surface area contributed by atoms with E-state index in [1.807, 2.05) is 0 Å². The zero-order valence-corrected chi connectivity index (χ0v) is 13.0. The zero-order valence-electron chi connectivity index (χ0n) is 13.0. The number of aromatic hydroxyl groups is 2. The number of benzene rings is 3. The largest absolute Gasteiger partial charge is 0.508 e. The second-order valence-corrected chi connectivity index (χ2v) is 5.79. The highest BCUT2D eigenvalue weighted by molar-refractivity contribution is 6.03. The molecular formula is C20H13NO4. The van der Waals surface area contributed by atoms with Crippen LogP contribution in [0.4, 0.5) is 0 Å². The van der Waals surface area contributed by atoms with Crippen LogP contribution in [0, 0.1) is 0 Å². The van der Waals surface area contributed by atoms with Crippen molar-refractivity contribution in [2.24, 2.45) is 0 Å². The summed E-state index contributed by atoms with van der Waals surface area (Å²) in [5.41, 5.74) is 1.32. The fourth-order valence-electron chi connectivity index (χ4n) is 3.14. The third kappa shape index (κ3) is 2.42. The molecule has 0 saturated carbocycles. The molecule has 0 aliphatic rings. The second kappa shape index (κ2) is 5.49. The molecule has 0 aliphatic carbocycles. The predicted octanol–water partition coefficient (Wildman–Crippen LogP) is 3.07. The first-order valence-corrected chi connectivity index (χ1v) is 7.66. The van der Waals surface area contributed by atoms with Crippen molar-refractivity contribution in [1.82, 2.24) is 4.98 Å². The Morgan fingerprint density at radius 1 is 0.640 bits per heavy atom. The highest BCUT2D eigenvalue weighted by Crippen LogP contribution is 2.38. The molecule has 5 rings (SSSR count). The van der Waals surface area contributed by atoms with Crippen molar-refractivity contribution >= 4 is 10.8 Å². The third-order valence-corrected chi connectivity index (χ3v) is 4.19. The van der Waals surface area contributed by atoms with Gasteiger partial charge in [0.15, 0.2) is 0 Å². The molecule has 25 heavy (non-hydrogen) atoms. The first-order chi connectivity index (χ1) is 12.0. The lowest BCUT2D eigenvalue weighted by molar-refractivity contribution is 0.475. The van der Waals surface area contributed by atoms with E-state index < -0.39 is 11.1 Å². The number of aromatic nitrogens is 1. The number of hydrogen-bond donors (Lipinski definition) is 3. The number of phenols is 2. The molecule has 5 heteroatoms. The first kappa shape index (κ1) is 15.0. The summed E-state index contributed by atoms with van der Waals surface area (Å²) in [6.07, 6.45) is 0. The van der Waals surface area contributed by atoms with E-state index in [1.54, 1.807) is 36.4 Å². The molecule has 0 atom stereocenters. The minimum absolute atomic E-state index is 0.0571. The van der Waals surface area contributed by atoms with Crippen LogP contribution in [0.5, 0.6) is 11.5 Å². The number of aromatic amines is 1. The van der Waals surface area contributed by atoms with E-state index in [0.29, 0.717) is 33.0 Å². The van der Waals surface area contributed by atoms with Gasteiger partial charge in [-0.05, 0) is 47.5 Å². The molecule has 0 amide bonds. The molecular weight excluding hydrogens is 318 g/mol. The maximum atomic E-state index is 12.4. The van der Waals surface area contributed by atoms with Gasteiger partial charge >= 0.3 is 0 Å². The summed E-state index contributed by atoms with van der Waals surface area (Å²) in [5.74, 6) is 0.114. The third-order valence-electron chi connectivity index (χ3n) is 4.19. The van der Waals surface area contributed by atoms with Gasteiger partial charge < -0.3 is 10.2 Å². The molecule has 0 unspecified atom stereocenters. The smallest absolute Gasteiger partial charge is 0.258 e. The lowest BCUT2D eigenvalue weighted by atomic mass is 9.90. The van der Waals surface area contributed by atoms with Gasteiger partial charge in [-0.3, -0.25) is 14.6 Å². The Kier molecular flexibility index (Phi) is 3.28. The van der Waals surface area contributed by atoms with Crippen LogP contribution < -0.4 is 11.1 Å². The van der Waals surface area contributed by atoms with Gasteiger partial charge in [0.05, 0.1) is 0 Å². The van der Waals surface area contributed by atoms with E-state index in [-0.39, 0.29) is 11.5 Å². The Hall–Kier alpha value is -3.60. The Morgan fingerprint density at radius 3 is 1.48 bits per heavy atom. The van der Waals surface area contributed by atoms with E-state index in [4.69, 9.17) is 0 Å². The van der Waals surface area contributed by atoms with Gasteiger partial charge in [-0.15, -0.1) is 0 Å². The molecule has 122 valence electrons. The van der Waals surface area contributed by atoms with Crippen molar-refractivity contribution in [3.05, 3.63) is 81.4 Å². The summed E-state index contributed by atoms with van der Waals surface area (Å²) in [5, 5.41) is 20.3. The topological polar surface area (TPSA) is 90.4 Å². The first-order valence-electron chi connectivity index (χ1n) is 7.66. The molecule has 2 aromatic heterocycles. The van der Waals surface area contributed by atoms with Crippen molar-refractivity contribution in [2.75, 3.05) is 0 Å². The van der Waals surface area contributed by atoms with Crippen LogP contribution in [-0.2, 0) is 0 Å². The standard InChI is InChI=1S/C20H13NO4/c22-13-5-1-3-11(9-13)17-15-7-8-16(20(25)21-19(15)24)18(17)12-4-2-6-14(23)10-12/h1-10,22-23H,(H,21,24,25). The highest BCUT2D eigenvalue weighted by atomic mass is 16.3. The fourth-order valence-corrected chi connectivity index (χ4v) is 3.14. The lowest BCUT2D eigenvalue weighted by Crippen LogP contribution is -2.12. The van der Waals surface area contributed by atoms with Gasteiger partial charge in [-0.2, -0.15) is 0 Å². The molecule has 5 nitrogen and oxygen atoms in total. The average Bonchev–Trinajstić information content (AvgIpc) is 2.79. The Balaban J connectivity index is 2.24.